The van der Waals surface area contributed by atoms with Gasteiger partial charge >= 0.3 is 12.1 Å². The van der Waals surface area contributed by atoms with Crippen molar-refractivity contribution in [2.75, 3.05) is 40.3 Å². The van der Waals surface area contributed by atoms with Gasteiger partial charge in [-0.2, -0.15) is 0 Å². The van der Waals surface area contributed by atoms with Crippen LogP contribution in [0.15, 0.2) is 29.3 Å². The molecule has 0 radical (unpaired) electrons. The number of carboxylic acids is 1. The van der Waals surface area contributed by atoms with Crippen LogP contribution < -0.4 is 21.5 Å². The number of carbonyl (C=O) groups is 4. The molecule has 1 aliphatic rings. The van der Waals surface area contributed by atoms with E-state index in [4.69, 9.17) is 21.3 Å². The summed E-state index contributed by atoms with van der Waals surface area (Å²) in [5.74, 6) is -1.68. The van der Waals surface area contributed by atoms with Crippen LogP contribution in [0.1, 0.15) is 76.7 Å². The summed E-state index contributed by atoms with van der Waals surface area (Å²) in [5, 5.41) is 11.9. The minimum atomic E-state index is -1.24. The van der Waals surface area contributed by atoms with Crippen molar-refractivity contribution in [2.45, 2.75) is 77.2 Å². The smallest absolute Gasteiger partial charge is 0.415 e. The Hall–Kier alpha value is -3.67. The first-order chi connectivity index (χ1) is 20.4. The van der Waals surface area contributed by atoms with Gasteiger partial charge in [0.2, 0.25) is 5.91 Å². The molecule has 2 rings (SSSR count). The molecule has 12 heteroatoms. The van der Waals surface area contributed by atoms with E-state index in [-0.39, 0.29) is 37.4 Å². The van der Waals surface area contributed by atoms with Crippen LogP contribution in [-0.4, -0.2) is 90.9 Å². The van der Waals surface area contributed by atoms with Crippen LogP contribution in [0.2, 0.25) is 0 Å². The number of aliphatic imine (C=N–C) groups is 1. The van der Waals surface area contributed by atoms with E-state index in [1.54, 1.807) is 11.0 Å². The third kappa shape index (κ3) is 12.6. The number of amides is 2. The van der Waals surface area contributed by atoms with E-state index in [1.165, 1.54) is 0 Å². The van der Waals surface area contributed by atoms with Gasteiger partial charge < -0.3 is 36.4 Å². The quantitative estimate of drug-likeness (QED) is 0.0902. The lowest BCUT2D eigenvalue weighted by atomic mass is 9.85. The van der Waals surface area contributed by atoms with E-state index >= 15 is 0 Å². The topological polar surface area (TPSA) is 181 Å². The highest BCUT2D eigenvalue weighted by molar-refractivity contribution is 5.96. The number of carboxylic acid groups (broad SMARTS) is 1. The van der Waals surface area contributed by atoms with Crippen LogP contribution >= 0.6 is 0 Å². The number of guanidine groups is 1. The van der Waals surface area contributed by atoms with Gasteiger partial charge in [0.25, 0.3) is 0 Å². The number of ketones is 1. The largest absolute Gasteiger partial charge is 0.481 e. The molecule has 240 valence electrons. The Morgan fingerprint density at radius 1 is 1.21 bits per heavy atom. The van der Waals surface area contributed by atoms with E-state index in [0.717, 1.165) is 31.4 Å². The Morgan fingerprint density at radius 3 is 2.60 bits per heavy atom. The van der Waals surface area contributed by atoms with Gasteiger partial charge in [0.1, 0.15) is 18.0 Å². The Balaban J connectivity index is 2.06. The summed E-state index contributed by atoms with van der Waals surface area (Å²) < 4.78 is 5.84. The van der Waals surface area contributed by atoms with Crippen molar-refractivity contribution >= 4 is 29.7 Å². The summed E-state index contributed by atoms with van der Waals surface area (Å²) in [6.45, 7) is 6.35. The second-order valence-corrected chi connectivity index (χ2v) is 11.7. The summed E-state index contributed by atoms with van der Waals surface area (Å²) in [6, 6.07) is 7.45. The molecule has 1 saturated heterocycles. The molecule has 4 atom stereocenters. The molecule has 6 N–H and O–H groups in total. The van der Waals surface area contributed by atoms with Crippen LogP contribution in [0.3, 0.4) is 0 Å². The molecule has 43 heavy (non-hydrogen) atoms. The fraction of sp³-hybridized carbons (Fsp3) is 0.645. The molecule has 1 aliphatic heterocycles. The highest BCUT2D eigenvalue weighted by Gasteiger charge is 2.30. The fourth-order valence-corrected chi connectivity index (χ4v) is 5.84. The summed E-state index contributed by atoms with van der Waals surface area (Å²) in [4.78, 5) is 57.4. The number of ether oxygens (including phenoxy) is 1. The third-order valence-corrected chi connectivity index (χ3v) is 7.84. The Kier molecular flexibility index (Phi) is 15.0. The summed E-state index contributed by atoms with van der Waals surface area (Å²) >= 11 is 0. The Morgan fingerprint density at radius 2 is 1.95 bits per heavy atom. The van der Waals surface area contributed by atoms with Crippen LogP contribution in [0, 0.1) is 11.8 Å². The van der Waals surface area contributed by atoms with Crippen molar-refractivity contribution in [3.63, 3.8) is 0 Å². The summed E-state index contributed by atoms with van der Waals surface area (Å²) in [7, 11) is 4.13. The molecular weight excluding hydrogens is 552 g/mol. The molecule has 0 spiro atoms. The molecule has 1 unspecified atom stereocenters. The first kappa shape index (κ1) is 35.5. The van der Waals surface area contributed by atoms with Gasteiger partial charge in [-0.3, -0.25) is 19.4 Å². The maximum Gasteiger partial charge on any atom is 0.415 e. The van der Waals surface area contributed by atoms with E-state index in [2.05, 4.69) is 49.2 Å². The van der Waals surface area contributed by atoms with Gasteiger partial charge in [0.15, 0.2) is 5.96 Å². The molecule has 12 nitrogen and oxygen atoms in total. The predicted molar refractivity (Wildman–Crippen MR) is 166 cm³/mol. The maximum absolute atomic E-state index is 13.3. The Bertz CT molecular complexity index is 1110. The highest BCUT2D eigenvalue weighted by atomic mass is 16.6. The number of hydrogen-bond donors (Lipinski definition) is 4. The van der Waals surface area contributed by atoms with Crippen molar-refractivity contribution in [3.8, 4) is 5.75 Å². The molecule has 0 aromatic heterocycles. The summed E-state index contributed by atoms with van der Waals surface area (Å²) in [6.07, 6.45) is 2.86. The number of nitrogens with zero attached hydrogens (tertiary/aromatic N) is 3. The minimum Gasteiger partial charge on any atom is -0.481 e. The number of hydrogen-bond acceptors (Lipinski definition) is 7. The van der Waals surface area contributed by atoms with Gasteiger partial charge in [-0.25, -0.2) is 4.79 Å². The number of likely N-dealkylation sites (tertiary alicyclic amines) is 1. The van der Waals surface area contributed by atoms with Crippen LogP contribution in [0.4, 0.5) is 4.79 Å². The molecule has 0 aliphatic carbocycles. The molecule has 1 fully saturated rings. The number of nitrogens with two attached hydrogens (primary N) is 2. The first-order valence-corrected chi connectivity index (χ1v) is 15.2. The average Bonchev–Trinajstić information content (AvgIpc) is 2.93. The average molecular weight is 603 g/mol. The summed E-state index contributed by atoms with van der Waals surface area (Å²) in [5.41, 5.74) is 11.9. The molecular formula is C31H50N6O6. The number of carbonyl (C=O) groups excluding carboxylic acids is 3. The minimum absolute atomic E-state index is 0.0666. The molecule has 0 bridgehead atoms. The van der Waals surface area contributed by atoms with Crippen molar-refractivity contribution in [3.05, 3.63) is 29.8 Å². The second kappa shape index (κ2) is 18.1. The van der Waals surface area contributed by atoms with E-state index in [9.17, 15) is 19.2 Å². The van der Waals surface area contributed by atoms with Crippen molar-refractivity contribution in [2.24, 2.45) is 28.3 Å². The monoisotopic (exact) mass is 602 g/mol. The molecule has 1 aromatic carbocycles. The van der Waals surface area contributed by atoms with Gasteiger partial charge in [-0.05, 0) is 82.2 Å². The van der Waals surface area contributed by atoms with E-state index in [1.807, 2.05) is 12.1 Å². The number of rotatable bonds is 17. The SMILES string of the molecule is CC[C@@H](c1cccc(OC(=O)N2CCCCC2CNC(=O)[C@H](CCCN=C(N)N)CC(=O)CC(=O)O)c1)[C@@H](C)CN(C)C. The molecule has 2 amide bonds. The van der Waals surface area contributed by atoms with Crippen LogP contribution in [0.25, 0.3) is 0 Å². The van der Waals surface area contributed by atoms with E-state index < -0.39 is 30.2 Å². The third-order valence-electron chi connectivity index (χ3n) is 7.84. The maximum atomic E-state index is 13.3. The van der Waals surface area contributed by atoms with Crippen molar-refractivity contribution in [1.29, 1.82) is 0 Å². The fourth-order valence-electron chi connectivity index (χ4n) is 5.84. The van der Waals surface area contributed by atoms with Crippen LogP contribution in [-0.2, 0) is 14.4 Å². The zero-order valence-corrected chi connectivity index (χ0v) is 26.1. The predicted octanol–water partition coefficient (Wildman–Crippen LogP) is 2.95. The number of piperidine rings is 1. The number of aliphatic carboxylic acids is 1. The van der Waals surface area contributed by atoms with Crippen molar-refractivity contribution in [1.82, 2.24) is 15.1 Å². The normalized spacial score (nSPS) is 17.0. The molecule has 1 aromatic rings. The first-order valence-electron chi connectivity index (χ1n) is 15.2. The molecule has 1 heterocycles. The number of Topliss-reactive ketones (excluding diaryl/α,β-unsaturated/α-hetero) is 1. The van der Waals surface area contributed by atoms with Gasteiger partial charge in [-0.1, -0.05) is 26.0 Å². The zero-order valence-electron chi connectivity index (χ0n) is 26.1. The van der Waals surface area contributed by atoms with Crippen LogP contribution in [0.5, 0.6) is 5.75 Å². The second-order valence-electron chi connectivity index (χ2n) is 11.7. The van der Waals surface area contributed by atoms with E-state index in [0.29, 0.717) is 43.4 Å². The van der Waals surface area contributed by atoms with Gasteiger partial charge in [0.05, 0.1) is 6.04 Å². The lowest BCUT2D eigenvalue weighted by molar-refractivity contribution is -0.141. The standard InChI is InChI=1S/C31H50N6O6/c1-5-27(21(2)20-36(3)4)22-10-8-13-26(17-22)43-31(42)37-15-7-6-12-24(37)19-35-29(41)23(11-9-14-34-30(32)33)16-25(38)18-28(39)40/h8,10,13,17,21,23-24,27H,5-7,9,11-12,14-16,18-20H2,1-4H3,(H,35,41)(H,39,40)(H4,32,33,34)/t21-,23+,24?,27+/m0/s1. The Labute approximate surface area is 255 Å². The van der Waals surface area contributed by atoms with Gasteiger partial charge in [0, 0.05) is 38.5 Å². The lowest BCUT2D eigenvalue weighted by Gasteiger charge is -2.35. The van der Waals surface area contributed by atoms with Crippen molar-refractivity contribution < 1.29 is 29.0 Å². The number of nitrogens with one attached hydrogen (secondary N) is 1. The van der Waals surface area contributed by atoms with Gasteiger partial charge in [-0.15, -0.1) is 0 Å². The zero-order chi connectivity index (χ0) is 31.9. The molecule has 0 saturated carbocycles. The highest BCUT2D eigenvalue weighted by Crippen LogP contribution is 2.31. The number of benzene rings is 1. The lowest BCUT2D eigenvalue weighted by Crippen LogP contribution is -2.51.